The van der Waals surface area contributed by atoms with Gasteiger partial charge in [-0.05, 0) is 68.5 Å². The molecule has 0 N–H and O–H groups in total. The molecule has 0 aromatic carbocycles. The number of hydrogen-bond donors (Lipinski definition) is 0. The van der Waals surface area contributed by atoms with Gasteiger partial charge in [0, 0.05) is 21.7 Å². The summed E-state index contributed by atoms with van der Waals surface area (Å²) >= 11 is 0. The first-order valence-corrected chi connectivity index (χ1v) is 19.7. The fourth-order valence-corrected chi connectivity index (χ4v) is 7.45. The second-order valence-corrected chi connectivity index (χ2v) is 14.3. The van der Waals surface area contributed by atoms with Gasteiger partial charge in [0.2, 0.25) is 0 Å². The Balaban J connectivity index is -0.000000569. The van der Waals surface area contributed by atoms with Crippen molar-refractivity contribution < 1.29 is 21.7 Å². The standard InChI is InChI=1S/2C16H35P.Ti/c2*1-3-5-7-9-11-13-15-17-16-14-12-10-8-6-4-2;/h2*17H,3-16H2,1-2H3;/p+2. The molecule has 0 aromatic heterocycles. The maximum absolute atomic E-state index is 2.30. The topological polar surface area (TPSA) is 0 Å². The smallest absolute Gasteiger partial charge is 0.0549 e. The van der Waals surface area contributed by atoms with Crippen molar-refractivity contribution in [2.75, 3.05) is 24.6 Å². The minimum atomic E-state index is 0. The first-order chi connectivity index (χ1) is 16.8. The van der Waals surface area contributed by atoms with Crippen LogP contribution in [0.25, 0.3) is 0 Å². The summed E-state index contributed by atoms with van der Waals surface area (Å²) in [4.78, 5) is 0. The van der Waals surface area contributed by atoms with Crippen LogP contribution < -0.4 is 0 Å². The van der Waals surface area contributed by atoms with Gasteiger partial charge in [0.15, 0.2) is 0 Å². The predicted octanol–water partition coefficient (Wildman–Crippen LogP) is 12.2. The molecule has 0 unspecified atom stereocenters. The Hall–Kier alpha value is 1.57. The van der Waals surface area contributed by atoms with Gasteiger partial charge in [0.1, 0.15) is 0 Å². The summed E-state index contributed by atoms with van der Waals surface area (Å²) < 4.78 is 0. The third kappa shape index (κ3) is 45.8. The molecular weight excluding hydrogens is 494 g/mol. The molecule has 0 aliphatic rings. The van der Waals surface area contributed by atoms with Gasteiger partial charge in [-0.2, -0.15) is 0 Å². The number of unbranched alkanes of at least 4 members (excludes halogenated alkanes) is 20. The van der Waals surface area contributed by atoms with Crippen LogP contribution in [0.4, 0.5) is 0 Å². The van der Waals surface area contributed by atoms with Gasteiger partial charge in [-0.1, -0.05) is 130 Å². The van der Waals surface area contributed by atoms with Crippen LogP contribution >= 0.6 is 17.2 Å². The van der Waals surface area contributed by atoms with Crippen LogP contribution in [0.3, 0.4) is 0 Å². The van der Waals surface area contributed by atoms with Crippen molar-refractivity contribution in [2.24, 2.45) is 0 Å². The minimum Gasteiger partial charge on any atom is -0.0654 e. The molecule has 0 amide bonds. The van der Waals surface area contributed by atoms with Gasteiger partial charge < -0.3 is 0 Å². The fraction of sp³-hybridized carbons (Fsp3) is 1.00. The molecule has 3 heteroatoms. The van der Waals surface area contributed by atoms with Crippen LogP contribution in [0.2, 0.25) is 0 Å². The fourth-order valence-electron chi connectivity index (χ4n) is 4.56. The van der Waals surface area contributed by atoms with Gasteiger partial charge >= 0.3 is 0 Å². The third-order valence-corrected chi connectivity index (χ3v) is 10.3. The average molecular weight is 567 g/mol. The van der Waals surface area contributed by atoms with Crippen molar-refractivity contribution in [3.05, 3.63) is 0 Å². The van der Waals surface area contributed by atoms with Crippen molar-refractivity contribution in [1.82, 2.24) is 0 Å². The molecule has 0 aromatic rings. The van der Waals surface area contributed by atoms with E-state index in [4.69, 9.17) is 0 Å². The van der Waals surface area contributed by atoms with E-state index in [9.17, 15) is 0 Å². The molecule has 0 radical (unpaired) electrons. The Bertz CT molecular complexity index is 254. The molecule has 0 nitrogen and oxygen atoms in total. The SMILES string of the molecule is CCCCCCCC[PH2+]CCCCCCCC.CCCCCCCC[PH2+]CCCCCCCC.[Ti]. The molecule has 0 saturated carbocycles. The number of rotatable bonds is 28. The zero-order valence-electron chi connectivity index (χ0n) is 25.5. The van der Waals surface area contributed by atoms with E-state index >= 15 is 0 Å². The molecule has 0 bridgehead atoms. The van der Waals surface area contributed by atoms with Crippen molar-refractivity contribution in [3.8, 4) is 0 Å². The molecule has 0 aliphatic carbocycles. The van der Waals surface area contributed by atoms with E-state index in [-0.39, 0.29) is 21.7 Å². The van der Waals surface area contributed by atoms with E-state index in [0.29, 0.717) is 0 Å². The minimum absolute atomic E-state index is 0. The molecule has 0 fully saturated rings. The maximum Gasteiger partial charge on any atom is 0.0549 e. The zero-order valence-corrected chi connectivity index (χ0v) is 29.3. The molecule has 35 heavy (non-hydrogen) atoms. The summed E-state index contributed by atoms with van der Waals surface area (Å²) in [6.45, 7) is 9.19. The van der Waals surface area contributed by atoms with Gasteiger partial charge in [-0.25, -0.2) is 0 Å². The summed E-state index contributed by atoms with van der Waals surface area (Å²) in [5.41, 5.74) is 0. The second-order valence-electron chi connectivity index (χ2n) is 10.8. The third-order valence-electron chi connectivity index (χ3n) is 7.05. The van der Waals surface area contributed by atoms with Crippen molar-refractivity contribution in [2.45, 2.75) is 182 Å². The average Bonchev–Trinajstić information content (AvgIpc) is 2.85. The van der Waals surface area contributed by atoms with E-state index in [1.807, 2.05) is 0 Å². The summed E-state index contributed by atoms with van der Waals surface area (Å²) in [6, 6.07) is 0. The Morgan fingerprint density at radius 2 is 0.429 bits per heavy atom. The zero-order chi connectivity index (χ0) is 25.2. The first-order valence-electron chi connectivity index (χ1n) is 16.5. The molecule has 0 heterocycles. The van der Waals surface area contributed by atoms with Gasteiger partial charge in [0.25, 0.3) is 0 Å². The Kier molecular flexibility index (Phi) is 50.0. The van der Waals surface area contributed by atoms with Crippen LogP contribution in [-0.4, -0.2) is 24.6 Å². The van der Waals surface area contributed by atoms with Crippen LogP contribution in [-0.2, 0) is 21.7 Å². The Morgan fingerprint density at radius 3 is 0.629 bits per heavy atom. The monoisotopic (exact) mass is 566 g/mol. The molecular formula is C32H72P2Ti+2. The Labute approximate surface area is 244 Å². The van der Waals surface area contributed by atoms with E-state index < -0.39 is 0 Å². The van der Waals surface area contributed by atoms with Gasteiger partial charge in [-0.3, -0.25) is 0 Å². The normalized spacial score (nSPS) is 10.6. The summed E-state index contributed by atoms with van der Waals surface area (Å²) in [5, 5.41) is 0. The quantitative estimate of drug-likeness (QED) is 0.0502. The van der Waals surface area contributed by atoms with Crippen LogP contribution in [0.1, 0.15) is 182 Å². The van der Waals surface area contributed by atoms with Crippen LogP contribution in [0.5, 0.6) is 0 Å². The van der Waals surface area contributed by atoms with E-state index in [1.165, 1.54) is 154 Å². The van der Waals surface area contributed by atoms with Crippen LogP contribution in [0.15, 0.2) is 0 Å². The van der Waals surface area contributed by atoms with Crippen molar-refractivity contribution in [3.63, 3.8) is 0 Å². The van der Waals surface area contributed by atoms with Gasteiger partial charge in [-0.15, -0.1) is 0 Å². The predicted molar refractivity (Wildman–Crippen MR) is 172 cm³/mol. The maximum atomic E-state index is 2.30. The first kappa shape index (κ1) is 41.1. The summed E-state index contributed by atoms with van der Waals surface area (Å²) in [7, 11) is 1.59. The largest absolute Gasteiger partial charge is 0.0654 e. The van der Waals surface area contributed by atoms with Gasteiger partial charge in [0.05, 0.1) is 24.6 Å². The molecule has 212 valence electrons. The second kappa shape index (κ2) is 42.7. The van der Waals surface area contributed by atoms with E-state index in [2.05, 4.69) is 27.7 Å². The van der Waals surface area contributed by atoms with Crippen molar-refractivity contribution >= 4 is 17.2 Å². The molecule has 0 aliphatic heterocycles. The van der Waals surface area contributed by atoms with Crippen molar-refractivity contribution in [1.29, 1.82) is 0 Å². The van der Waals surface area contributed by atoms with Crippen LogP contribution in [0, 0.1) is 0 Å². The Morgan fingerprint density at radius 1 is 0.257 bits per heavy atom. The summed E-state index contributed by atoms with van der Waals surface area (Å²) in [5.74, 6) is 0. The van der Waals surface area contributed by atoms with E-state index in [1.54, 1.807) is 24.6 Å². The van der Waals surface area contributed by atoms with E-state index in [0.717, 1.165) is 17.2 Å². The molecule has 0 saturated heterocycles. The molecule has 0 atom stereocenters. The number of hydrogen-bond acceptors (Lipinski definition) is 0. The molecule has 0 spiro atoms. The summed E-state index contributed by atoms with van der Waals surface area (Å²) in [6.07, 6.45) is 41.6. The molecule has 0 rings (SSSR count).